The van der Waals surface area contributed by atoms with Gasteiger partial charge in [0, 0.05) is 34.5 Å². The minimum absolute atomic E-state index is 0.203. The largest absolute Gasteiger partial charge is 0.466 e. The third-order valence-electron chi connectivity index (χ3n) is 4.49. The van der Waals surface area contributed by atoms with E-state index < -0.39 is 5.82 Å². The highest BCUT2D eigenvalue weighted by molar-refractivity contribution is 7.99. The van der Waals surface area contributed by atoms with Crippen molar-refractivity contribution in [2.24, 2.45) is 0 Å². The van der Waals surface area contributed by atoms with Gasteiger partial charge in [0.25, 0.3) is 5.56 Å². The van der Waals surface area contributed by atoms with E-state index in [4.69, 9.17) is 4.74 Å². The number of hydrogen-bond donors (Lipinski definition) is 2. The molecular weight excluding hydrogens is 381 g/mol. The zero-order valence-corrected chi connectivity index (χ0v) is 16.0. The van der Waals surface area contributed by atoms with Gasteiger partial charge in [-0.25, -0.2) is 9.37 Å². The first kappa shape index (κ1) is 18.5. The molecule has 4 aromatic rings. The van der Waals surface area contributed by atoms with Crippen LogP contribution in [0.15, 0.2) is 40.4 Å². The Bertz CT molecular complexity index is 1250. The van der Waals surface area contributed by atoms with Crippen LogP contribution in [-0.4, -0.2) is 33.3 Å². The number of halogens is 1. The van der Waals surface area contributed by atoms with Crippen LogP contribution in [-0.2, 0) is 9.53 Å². The summed E-state index contributed by atoms with van der Waals surface area (Å²) < 4.78 is 18.8. The molecule has 0 aliphatic heterocycles. The molecule has 2 aromatic carbocycles. The minimum atomic E-state index is -0.402. The predicted octanol–water partition coefficient (Wildman–Crippen LogP) is 4.13. The molecule has 28 heavy (non-hydrogen) atoms. The Morgan fingerprint density at radius 2 is 2.11 bits per heavy atom. The number of carbonyl (C=O) groups is 1. The van der Waals surface area contributed by atoms with Gasteiger partial charge < -0.3 is 14.7 Å². The Kier molecular flexibility index (Phi) is 5.04. The van der Waals surface area contributed by atoms with Crippen LogP contribution in [0.2, 0.25) is 0 Å². The van der Waals surface area contributed by atoms with E-state index >= 15 is 0 Å². The fraction of sp³-hybridized carbons (Fsp3) is 0.250. The summed E-state index contributed by atoms with van der Waals surface area (Å²) in [5.74, 6) is 0.0930. The quantitative estimate of drug-likeness (QED) is 0.220. The lowest BCUT2D eigenvalue weighted by molar-refractivity contribution is -0.143. The number of hydrogen-bond acceptors (Lipinski definition) is 5. The van der Waals surface area contributed by atoms with Crippen LogP contribution in [0.3, 0.4) is 0 Å². The Morgan fingerprint density at radius 1 is 1.25 bits per heavy atom. The predicted molar refractivity (Wildman–Crippen MR) is 108 cm³/mol. The van der Waals surface area contributed by atoms with Crippen LogP contribution in [0.25, 0.3) is 32.6 Å². The standard InChI is InChI=1S/C20H18FN3O3S/c1-2-27-15(25)4-3-9-28-20-23-17-12-6-5-11(21)10-14(12)16-13(18(17)24-20)7-8-22-19(16)26/h5-8,10H,2-4,9H2,1H3,(H,22,26)(H,23,24). The molecule has 2 aromatic heterocycles. The lowest BCUT2D eigenvalue weighted by Crippen LogP contribution is -2.05. The van der Waals surface area contributed by atoms with Crippen LogP contribution in [0, 0.1) is 5.82 Å². The molecule has 0 aliphatic rings. The van der Waals surface area contributed by atoms with Crippen molar-refractivity contribution in [2.75, 3.05) is 12.4 Å². The van der Waals surface area contributed by atoms with Crippen molar-refractivity contribution < 1.29 is 13.9 Å². The van der Waals surface area contributed by atoms with Gasteiger partial charge in [0.2, 0.25) is 0 Å². The molecule has 2 N–H and O–H groups in total. The van der Waals surface area contributed by atoms with E-state index in [9.17, 15) is 14.0 Å². The van der Waals surface area contributed by atoms with Crippen molar-refractivity contribution in [3.05, 3.63) is 46.6 Å². The Labute approximate surface area is 163 Å². The van der Waals surface area contributed by atoms with Gasteiger partial charge in [-0.05, 0) is 37.6 Å². The van der Waals surface area contributed by atoms with Crippen molar-refractivity contribution in [2.45, 2.75) is 24.9 Å². The Morgan fingerprint density at radius 3 is 2.93 bits per heavy atom. The lowest BCUT2D eigenvalue weighted by atomic mass is 10.0. The van der Waals surface area contributed by atoms with E-state index in [-0.39, 0.29) is 11.5 Å². The molecular formula is C20H18FN3O3S. The summed E-state index contributed by atoms with van der Waals surface area (Å²) >= 11 is 1.50. The maximum absolute atomic E-state index is 13.8. The summed E-state index contributed by atoms with van der Waals surface area (Å²) in [6.07, 6.45) is 2.61. The third-order valence-corrected chi connectivity index (χ3v) is 5.45. The summed E-state index contributed by atoms with van der Waals surface area (Å²) in [5, 5.41) is 3.08. The first-order valence-electron chi connectivity index (χ1n) is 8.99. The molecule has 0 aliphatic carbocycles. The van der Waals surface area contributed by atoms with Crippen LogP contribution >= 0.6 is 11.8 Å². The maximum atomic E-state index is 13.8. The molecule has 144 valence electrons. The molecule has 0 atom stereocenters. The molecule has 2 heterocycles. The molecule has 0 bridgehead atoms. The van der Waals surface area contributed by atoms with Gasteiger partial charge in [0.15, 0.2) is 5.16 Å². The Hall–Kier alpha value is -2.87. The van der Waals surface area contributed by atoms with Gasteiger partial charge in [-0.3, -0.25) is 9.59 Å². The fourth-order valence-corrected chi connectivity index (χ4v) is 4.12. The van der Waals surface area contributed by atoms with E-state index in [1.54, 1.807) is 25.3 Å². The second kappa shape index (κ2) is 7.63. The van der Waals surface area contributed by atoms with Gasteiger partial charge in [0.1, 0.15) is 5.82 Å². The number of aromatic nitrogens is 3. The van der Waals surface area contributed by atoms with Crippen LogP contribution in [0.5, 0.6) is 0 Å². The van der Waals surface area contributed by atoms with Gasteiger partial charge in [-0.2, -0.15) is 0 Å². The number of ether oxygens (including phenoxy) is 1. The number of carbonyl (C=O) groups excluding carboxylic acids is 1. The summed E-state index contributed by atoms with van der Waals surface area (Å²) in [7, 11) is 0. The van der Waals surface area contributed by atoms with Gasteiger partial charge in [-0.15, -0.1) is 0 Å². The number of imidazole rings is 1. The second-order valence-corrected chi connectivity index (χ2v) is 7.39. The van der Waals surface area contributed by atoms with Crippen molar-refractivity contribution in [3.63, 3.8) is 0 Å². The number of benzene rings is 2. The molecule has 0 fully saturated rings. The van der Waals surface area contributed by atoms with E-state index in [0.717, 1.165) is 10.9 Å². The molecule has 8 heteroatoms. The highest BCUT2D eigenvalue weighted by Crippen LogP contribution is 2.33. The average molecular weight is 399 g/mol. The molecule has 0 unspecified atom stereocenters. The summed E-state index contributed by atoms with van der Waals surface area (Å²) in [6, 6.07) is 6.17. The second-order valence-electron chi connectivity index (χ2n) is 6.31. The fourth-order valence-electron chi connectivity index (χ4n) is 3.31. The number of esters is 1. The number of rotatable bonds is 6. The van der Waals surface area contributed by atoms with E-state index in [1.807, 2.05) is 0 Å². The monoisotopic (exact) mass is 399 g/mol. The van der Waals surface area contributed by atoms with E-state index in [0.29, 0.717) is 52.0 Å². The van der Waals surface area contributed by atoms with E-state index in [2.05, 4.69) is 15.0 Å². The van der Waals surface area contributed by atoms with Crippen molar-refractivity contribution in [3.8, 4) is 0 Å². The molecule has 6 nitrogen and oxygen atoms in total. The van der Waals surface area contributed by atoms with Crippen molar-refractivity contribution in [1.82, 2.24) is 15.0 Å². The van der Waals surface area contributed by atoms with Crippen molar-refractivity contribution in [1.29, 1.82) is 0 Å². The summed E-state index contributed by atoms with van der Waals surface area (Å²) in [4.78, 5) is 34.4. The number of aromatic amines is 2. The van der Waals surface area contributed by atoms with Crippen LogP contribution in [0.4, 0.5) is 4.39 Å². The highest BCUT2D eigenvalue weighted by atomic mass is 32.2. The molecule has 4 rings (SSSR count). The van der Waals surface area contributed by atoms with Gasteiger partial charge in [0.05, 0.1) is 23.0 Å². The smallest absolute Gasteiger partial charge is 0.305 e. The number of nitrogens with zero attached hydrogens (tertiary/aromatic N) is 1. The van der Waals surface area contributed by atoms with Crippen molar-refractivity contribution >= 4 is 50.3 Å². The molecule has 0 radical (unpaired) electrons. The molecule has 0 saturated carbocycles. The highest BCUT2D eigenvalue weighted by Gasteiger charge is 2.15. The maximum Gasteiger partial charge on any atom is 0.305 e. The summed E-state index contributed by atoms with van der Waals surface area (Å²) in [5.41, 5.74) is 1.17. The summed E-state index contributed by atoms with van der Waals surface area (Å²) in [6.45, 7) is 2.17. The zero-order chi connectivity index (χ0) is 19.7. The SMILES string of the molecule is CCOC(=O)CCCSc1nc2c3ccc(F)cc3c3c(=O)[nH]ccc3c2[nH]1. The lowest BCUT2D eigenvalue weighted by Gasteiger charge is -2.05. The topological polar surface area (TPSA) is 87.8 Å². The normalized spacial score (nSPS) is 11.5. The average Bonchev–Trinajstić information content (AvgIpc) is 3.10. The molecule has 0 spiro atoms. The molecule has 0 saturated heterocycles. The number of nitrogens with one attached hydrogen (secondary N) is 2. The Balaban J connectivity index is 1.74. The minimum Gasteiger partial charge on any atom is -0.466 e. The first-order valence-corrected chi connectivity index (χ1v) is 9.98. The number of H-pyrrole nitrogens is 2. The zero-order valence-electron chi connectivity index (χ0n) is 15.2. The number of fused-ring (bicyclic) bond motifs is 6. The van der Waals surface area contributed by atoms with Crippen LogP contribution in [0.1, 0.15) is 19.8 Å². The third kappa shape index (κ3) is 3.35. The number of pyridine rings is 1. The van der Waals surface area contributed by atoms with Crippen LogP contribution < -0.4 is 5.56 Å². The first-order chi connectivity index (χ1) is 13.6. The van der Waals surface area contributed by atoms with E-state index in [1.165, 1.54) is 23.9 Å². The number of thioether (sulfide) groups is 1. The van der Waals surface area contributed by atoms with Gasteiger partial charge in [-0.1, -0.05) is 11.8 Å². The molecule has 0 amide bonds. The van der Waals surface area contributed by atoms with Gasteiger partial charge >= 0.3 is 5.97 Å².